The molecule has 22 heavy (non-hydrogen) atoms. The monoisotopic (exact) mass is 319 g/mol. The number of carbonyl (C=O) groups is 1. The van der Waals surface area contributed by atoms with Crippen molar-refractivity contribution in [3.63, 3.8) is 0 Å². The molecule has 116 valence electrons. The van der Waals surface area contributed by atoms with Gasteiger partial charge in [-0.1, -0.05) is 23.7 Å². The van der Waals surface area contributed by atoms with E-state index >= 15 is 0 Å². The van der Waals surface area contributed by atoms with Crippen molar-refractivity contribution >= 4 is 17.5 Å². The standard InChI is InChI=1S/C17H18ClNO3/c1-2-19-17(20)13-5-3-7-15(11-13)21-9-10-22-16-8-4-6-14(18)12-16/h3-8,11-12H,2,9-10H2,1H3,(H,19,20). The Bertz CT molecular complexity index is 631. The number of rotatable bonds is 7. The highest BCUT2D eigenvalue weighted by Gasteiger charge is 2.05. The Labute approximate surface area is 135 Å². The molecule has 0 heterocycles. The van der Waals surface area contributed by atoms with Crippen LogP contribution in [0.5, 0.6) is 11.5 Å². The molecule has 0 spiro atoms. The van der Waals surface area contributed by atoms with E-state index in [1.165, 1.54) is 0 Å². The largest absolute Gasteiger partial charge is 0.490 e. The van der Waals surface area contributed by atoms with Crippen molar-refractivity contribution in [2.45, 2.75) is 6.92 Å². The first kappa shape index (κ1) is 16.2. The topological polar surface area (TPSA) is 47.6 Å². The fourth-order valence-corrected chi connectivity index (χ4v) is 2.05. The average Bonchev–Trinajstić information content (AvgIpc) is 2.52. The minimum atomic E-state index is -0.108. The van der Waals surface area contributed by atoms with Crippen molar-refractivity contribution in [2.75, 3.05) is 19.8 Å². The number of amides is 1. The van der Waals surface area contributed by atoms with Crippen LogP contribution in [0.15, 0.2) is 48.5 Å². The maximum Gasteiger partial charge on any atom is 0.251 e. The van der Waals surface area contributed by atoms with E-state index in [9.17, 15) is 4.79 Å². The van der Waals surface area contributed by atoms with Crippen molar-refractivity contribution < 1.29 is 14.3 Å². The number of benzene rings is 2. The van der Waals surface area contributed by atoms with Gasteiger partial charge in [0, 0.05) is 17.1 Å². The minimum absolute atomic E-state index is 0.108. The van der Waals surface area contributed by atoms with E-state index in [0.717, 1.165) is 0 Å². The van der Waals surface area contributed by atoms with Crippen LogP contribution in [0.2, 0.25) is 5.02 Å². The number of ether oxygens (including phenoxy) is 2. The molecule has 0 aromatic heterocycles. The summed E-state index contributed by atoms with van der Waals surface area (Å²) in [7, 11) is 0. The SMILES string of the molecule is CCNC(=O)c1cccc(OCCOc2cccc(Cl)c2)c1. The van der Waals surface area contributed by atoms with Crippen LogP contribution in [0.4, 0.5) is 0 Å². The third kappa shape index (κ3) is 4.97. The molecule has 2 aromatic rings. The van der Waals surface area contributed by atoms with Gasteiger partial charge in [-0.3, -0.25) is 4.79 Å². The summed E-state index contributed by atoms with van der Waals surface area (Å²) >= 11 is 5.88. The lowest BCUT2D eigenvalue weighted by molar-refractivity contribution is 0.0955. The summed E-state index contributed by atoms with van der Waals surface area (Å²) in [4.78, 5) is 11.7. The van der Waals surface area contributed by atoms with E-state index in [0.29, 0.717) is 41.8 Å². The van der Waals surface area contributed by atoms with Crippen molar-refractivity contribution in [3.05, 3.63) is 59.1 Å². The second-order valence-electron chi connectivity index (χ2n) is 4.54. The lowest BCUT2D eigenvalue weighted by Crippen LogP contribution is -2.22. The first-order chi connectivity index (χ1) is 10.7. The molecule has 0 saturated carbocycles. The molecule has 2 rings (SSSR count). The second-order valence-corrected chi connectivity index (χ2v) is 4.98. The molecule has 0 fully saturated rings. The lowest BCUT2D eigenvalue weighted by Gasteiger charge is -2.09. The number of hydrogen-bond acceptors (Lipinski definition) is 3. The smallest absolute Gasteiger partial charge is 0.251 e. The third-order valence-electron chi connectivity index (χ3n) is 2.85. The molecule has 0 bridgehead atoms. The summed E-state index contributed by atoms with van der Waals surface area (Å²) in [6, 6.07) is 14.3. The van der Waals surface area contributed by atoms with Crippen LogP contribution < -0.4 is 14.8 Å². The third-order valence-corrected chi connectivity index (χ3v) is 3.09. The summed E-state index contributed by atoms with van der Waals surface area (Å²) < 4.78 is 11.1. The Balaban J connectivity index is 1.82. The molecule has 0 aliphatic heterocycles. The zero-order valence-electron chi connectivity index (χ0n) is 12.3. The van der Waals surface area contributed by atoms with Crippen molar-refractivity contribution in [2.24, 2.45) is 0 Å². The zero-order chi connectivity index (χ0) is 15.8. The summed E-state index contributed by atoms with van der Waals surface area (Å²) in [5, 5.41) is 3.38. The fourth-order valence-electron chi connectivity index (χ4n) is 1.87. The molecule has 0 aliphatic rings. The van der Waals surface area contributed by atoms with Crippen LogP contribution in [0.25, 0.3) is 0 Å². The van der Waals surface area contributed by atoms with E-state index in [-0.39, 0.29) is 5.91 Å². The van der Waals surface area contributed by atoms with Crippen molar-refractivity contribution in [1.29, 1.82) is 0 Å². The van der Waals surface area contributed by atoms with Gasteiger partial charge in [-0.05, 0) is 43.3 Å². The van der Waals surface area contributed by atoms with Gasteiger partial charge in [0.2, 0.25) is 0 Å². The molecule has 0 saturated heterocycles. The predicted octanol–water partition coefficient (Wildman–Crippen LogP) is 3.55. The number of hydrogen-bond donors (Lipinski definition) is 1. The van der Waals surface area contributed by atoms with Crippen LogP contribution >= 0.6 is 11.6 Å². The quantitative estimate of drug-likeness (QED) is 0.794. The number of halogens is 1. The average molecular weight is 320 g/mol. The Morgan fingerprint density at radius 1 is 1.05 bits per heavy atom. The molecule has 2 aromatic carbocycles. The van der Waals surface area contributed by atoms with E-state index in [1.54, 1.807) is 30.3 Å². The Hall–Kier alpha value is -2.20. The van der Waals surface area contributed by atoms with Gasteiger partial charge in [0.05, 0.1) is 0 Å². The van der Waals surface area contributed by atoms with Gasteiger partial charge in [0.1, 0.15) is 24.7 Å². The highest BCUT2D eigenvalue weighted by Crippen LogP contribution is 2.17. The minimum Gasteiger partial charge on any atom is -0.490 e. The van der Waals surface area contributed by atoms with E-state index < -0.39 is 0 Å². The van der Waals surface area contributed by atoms with Crippen LogP contribution in [-0.2, 0) is 0 Å². The normalized spacial score (nSPS) is 10.1. The molecule has 5 heteroatoms. The van der Waals surface area contributed by atoms with Gasteiger partial charge in [-0.15, -0.1) is 0 Å². The highest BCUT2D eigenvalue weighted by atomic mass is 35.5. The summed E-state index contributed by atoms with van der Waals surface area (Å²) in [5.41, 5.74) is 0.579. The van der Waals surface area contributed by atoms with Gasteiger partial charge >= 0.3 is 0 Å². The molecule has 0 unspecified atom stereocenters. The first-order valence-electron chi connectivity index (χ1n) is 7.08. The van der Waals surface area contributed by atoms with Crippen LogP contribution in [0, 0.1) is 0 Å². The van der Waals surface area contributed by atoms with Crippen LogP contribution in [0.3, 0.4) is 0 Å². The molecule has 0 radical (unpaired) electrons. The van der Waals surface area contributed by atoms with E-state index in [4.69, 9.17) is 21.1 Å². The van der Waals surface area contributed by atoms with Gasteiger partial charge in [0.15, 0.2) is 0 Å². The van der Waals surface area contributed by atoms with Crippen molar-refractivity contribution in [1.82, 2.24) is 5.32 Å². The van der Waals surface area contributed by atoms with Gasteiger partial charge < -0.3 is 14.8 Å². The molecule has 4 nitrogen and oxygen atoms in total. The van der Waals surface area contributed by atoms with Crippen LogP contribution in [0.1, 0.15) is 17.3 Å². The molecule has 1 amide bonds. The van der Waals surface area contributed by atoms with Gasteiger partial charge in [0.25, 0.3) is 5.91 Å². The Morgan fingerprint density at radius 3 is 2.32 bits per heavy atom. The second kappa shape index (κ2) is 8.29. The first-order valence-corrected chi connectivity index (χ1v) is 7.46. The van der Waals surface area contributed by atoms with E-state index in [1.807, 2.05) is 25.1 Å². The fraction of sp³-hybridized carbons (Fsp3) is 0.235. The lowest BCUT2D eigenvalue weighted by atomic mass is 10.2. The summed E-state index contributed by atoms with van der Waals surface area (Å²) in [6.07, 6.45) is 0. The van der Waals surface area contributed by atoms with Crippen LogP contribution in [-0.4, -0.2) is 25.7 Å². The molecular weight excluding hydrogens is 302 g/mol. The van der Waals surface area contributed by atoms with Gasteiger partial charge in [-0.25, -0.2) is 0 Å². The molecule has 0 atom stereocenters. The van der Waals surface area contributed by atoms with E-state index in [2.05, 4.69) is 5.32 Å². The number of nitrogens with one attached hydrogen (secondary N) is 1. The molecular formula is C17H18ClNO3. The molecule has 0 aliphatic carbocycles. The summed E-state index contributed by atoms with van der Waals surface area (Å²) in [6.45, 7) is 3.25. The number of carbonyl (C=O) groups excluding carboxylic acids is 1. The highest BCUT2D eigenvalue weighted by molar-refractivity contribution is 6.30. The zero-order valence-corrected chi connectivity index (χ0v) is 13.1. The maximum atomic E-state index is 11.7. The predicted molar refractivity (Wildman–Crippen MR) is 86.9 cm³/mol. The summed E-state index contributed by atoms with van der Waals surface area (Å²) in [5.74, 6) is 1.23. The van der Waals surface area contributed by atoms with Gasteiger partial charge in [-0.2, -0.15) is 0 Å². The maximum absolute atomic E-state index is 11.7. The van der Waals surface area contributed by atoms with Crippen molar-refractivity contribution in [3.8, 4) is 11.5 Å². The Morgan fingerprint density at radius 2 is 1.68 bits per heavy atom. The Kier molecular flexibility index (Phi) is 6.10. The molecule has 1 N–H and O–H groups in total.